The molecule has 0 radical (unpaired) electrons. The third-order valence-electron chi connectivity index (χ3n) is 6.11. The van der Waals surface area contributed by atoms with Gasteiger partial charge < -0.3 is 19.7 Å². The average molecular weight is 512 g/mol. The number of methoxy groups -OCH3 is 1. The van der Waals surface area contributed by atoms with Crippen molar-refractivity contribution in [2.24, 2.45) is 0 Å². The van der Waals surface area contributed by atoms with Crippen LogP contribution in [0, 0.1) is 15.9 Å². The summed E-state index contributed by atoms with van der Waals surface area (Å²) in [6, 6.07) is 13.6. The van der Waals surface area contributed by atoms with E-state index in [2.05, 4.69) is 10.2 Å². The van der Waals surface area contributed by atoms with Gasteiger partial charge in [0.15, 0.2) is 0 Å². The smallest absolute Gasteiger partial charge is 0.336 e. The van der Waals surface area contributed by atoms with Gasteiger partial charge in [-0.05, 0) is 32.9 Å². The second-order valence-corrected chi connectivity index (χ2v) is 8.78. The summed E-state index contributed by atoms with van der Waals surface area (Å²) in [6.07, 6.45) is 0.545. The highest BCUT2D eigenvalue weighted by Gasteiger charge is 2.40. The molecule has 0 aliphatic carbocycles. The minimum absolute atomic E-state index is 0.0111. The summed E-state index contributed by atoms with van der Waals surface area (Å²) < 4.78 is 25.7. The molecule has 0 spiro atoms. The summed E-state index contributed by atoms with van der Waals surface area (Å²) >= 11 is 0. The molecule has 196 valence electrons. The highest BCUT2D eigenvalue weighted by atomic mass is 19.1. The van der Waals surface area contributed by atoms with Gasteiger partial charge in [-0.1, -0.05) is 42.5 Å². The topological polar surface area (TPSA) is 111 Å². The Morgan fingerprint density at radius 2 is 1.70 bits per heavy atom. The molecule has 0 bridgehead atoms. The average Bonchev–Trinajstić information content (AvgIpc) is 2.86. The van der Waals surface area contributed by atoms with Crippen LogP contribution in [0.15, 0.2) is 71.1 Å². The van der Waals surface area contributed by atoms with Crippen LogP contribution in [0.5, 0.6) is 0 Å². The molecule has 2 aromatic rings. The van der Waals surface area contributed by atoms with E-state index < -0.39 is 34.3 Å². The molecule has 1 unspecified atom stereocenters. The zero-order valence-corrected chi connectivity index (χ0v) is 21.2. The summed E-state index contributed by atoms with van der Waals surface area (Å²) in [5.74, 6) is -3.92. The highest BCUT2D eigenvalue weighted by Crippen LogP contribution is 2.41. The maximum Gasteiger partial charge on any atom is 0.336 e. The standard InChI is InChI=1S/C27H30FN3O6/c1-17-22(26(32)36-4)24(20-12-8-13-21(25(20)28)31(34)35)23(18(2)29-17)27(33)37-15-9-14-30(3)16-19-10-6-5-7-11-19/h5-8,10-13,24,29H,9,14-16H2,1-4H3. The van der Waals surface area contributed by atoms with Crippen molar-refractivity contribution in [1.29, 1.82) is 0 Å². The predicted octanol–water partition coefficient (Wildman–Crippen LogP) is 4.21. The number of hydrogen-bond acceptors (Lipinski definition) is 8. The molecule has 1 aliphatic heterocycles. The van der Waals surface area contributed by atoms with Gasteiger partial charge in [0.05, 0.1) is 35.7 Å². The highest BCUT2D eigenvalue weighted by molar-refractivity contribution is 5.99. The number of ether oxygens (including phenoxy) is 2. The molecule has 0 saturated heterocycles. The zero-order chi connectivity index (χ0) is 27.1. The molecule has 37 heavy (non-hydrogen) atoms. The molecule has 10 heteroatoms. The van der Waals surface area contributed by atoms with Crippen LogP contribution in [0.1, 0.15) is 37.3 Å². The largest absolute Gasteiger partial charge is 0.466 e. The van der Waals surface area contributed by atoms with Crippen molar-refractivity contribution in [3.63, 3.8) is 0 Å². The molecule has 0 amide bonds. The van der Waals surface area contributed by atoms with E-state index in [-0.39, 0.29) is 23.3 Å². The fourth-order valence-electron chi connectivity index (χ4n) is 4.41. The number of carbonyl (C=O) groups excluding carboxylic acids is 2. The Morgan fingerprint density at radius 3 is 2.32 bits per heavy atom. The van der Waals surface area contributed by atoms with Crippen LogP contribution < -0.4 is 5.32 Å². The second-order valence-electron chi connectivity index (χ2n) is 8.78. The minimum Gasteiger partial charge on any atom is -0.466 e. The van der Waals surface area contributed by atoms with Gasteiger partial charge in [-0.3, -0.25) is 10.1 Å². The van der Waals surface area contributed by atoms with Gasteiger partial charge in [-0.25, -0.2) is 9.59 Å². The van der Waals surface area contributed by atoms with Crippen LogP contribution in [0.3, 0.4) is 0 Å². The lowest BCUT2D eigenvalue weighted by Crippen LogP contribution is -2.33. The van der Waals surface area contributed by atoms with Crippen molar-refractivity contribution >= 4 is 17.6 Å². The number of halogens is 1. The molecule has 1 atom stereocenters. The molecule has 2 aromatic carbocycles. The van der Waals surface area contributed by atoms with Gasteiger partial charge in [-0.2, -0.15) is 4.39 Å². The zero-order valence-electron chi connectivity index (χ0n) is 21.2. The van der Waals surface area contributed by atoms with Gasteiger partial charge >= 0.3 is 17.6 Å². The SMILES string of the molecule is COC(=O)C1=C(C)NC(C)=C(C(=O)OCCCN(C)Cc2ccccc2)C1c1cccc([N+](=O)[O-])c1F. The quantitative estimate of drug-likeness (QED) is 0.219. The van der Waals surface area contributed by atoms with Gasteiger partial charge in [0, 0.05) is 36.1 Å². The Kier molecular flexibility index (Phi) is 9.13. The van der Waals surface area contributed by atoms with Crippen LogP contribution in [-0.4, -0.2) is 49.1 Å². The third kappa shape index (κ3) is 6.39. The Bertz CT molecular complexity index is 1240. The number of nitro groups is 1. The summed E-state index contributed by atoms with van der Waals surface area (Å²) in [5.41, 5.74) is 0.876. The second kappa shape index (κ2) is 12.3. The Labute approximate surface area is 214 Å². The monoisotopic (exact) mass is 511 g/mol. The summed E-state index contributed by atoms with van der Waals surface area (Å²) in [6.45, 7) is 4.68. The first-order valence-corrected chi connectivity index (χ1v) is 11.7. The van der Waals surface area contributed by atoms with Crippen molar-refractivity contribution in [3.8, 4) is 0 Å². The van der Waals surface area contributed by atoms with E-state index >= 15 is 4.39 Å². The lowest BCUT2D eigenvalue weighted by Gasteiger charge is -2.30. The molecule has 1 heterocycles. The predicted molar refractivity (Wildman–Crippen MR) is 135 cm³/mol. The van der Waals surface area contributed by atoms with Gasteiger partial charge in [0.2, 0.25) is 5.82 Å². The first-order valence-electron chi connectivity index (χ1n) is 11.7. The van der Waals surface area contributed by atoms with Crippen molar-refractivity contribution in [1.82, 2.24) is 10.2 Å². The fraction of sp³-hybridized carbons (Fsp3) is 0.333. The maximum absolute atomic E-state index is 15.3. The molecule has 1 N–H and O–H groups in total. The summed E-state index contributed by atoms with van der Waals surface area (Å²) in [5, 5.41) is 14.3. The lowest BCUT2D eigenvalue weighted by atomic mass is 9.80. The van der Waals surface area contributed by atoms with Crippen LogP contribution in [0.25, 0.3) is 0 Å². The van der Waals surface area contributed by atoms with E-state index in [1.54, 1.807) is 13.8 Å². The molecule has 0 saturated carbocycles. The molecule has 0 aromatic heterocycles. The van der Waals surface area contributed by atoms with Crippen molar-refractivity contribution in [2.45, 2.75) is 32.7 Å². The Hall–Kier alpha value is -4.05. The number of esters is 2. The number of nitro benzene ring substituents is 1. The van der Waals surface area contributed by atoms with Gasteiger partial charge in [-0.15, -0.1) is 0 Å². The number of dihydropyridines is 1. The molecule has 0 fully saturated rings. The number of carbonyl (C=O) groups is 2. The Balaban J connectivity index is 1.82. The van der Waals surface area contributed by atoms with Gasteiger partial charge in [0.25, 0.3) is 0 Å². The molecular formula is C27H30FN3O6. The lowest BCUT2D eigenvalue weighted by molar-refractivity contribution is -0.387. The number of hydrogen-bond donors (Lipinski definition) is 1. The number of nitrogens with one attached hydrogen (secondary N) is 1. The minimum atomic E-state index is -1.25. The van der Waals surface area contributed by atoms with E-state index in [1.165, 1.54) is 19.2 Å². The van der Waals surface area contributed by atoms with Crippen molar-refractivity contribution in [2.75, 3.05) is 27.3 Å². The van der Waals surface area contributed by atoms with Crippen LogP contribution in [0.4, 0.5) is 10.1 Å². The third-order valence-corrected chi connectivity index (χ3v) is 6.11. The van der Waals surface area contributed by atoms with E-state index in [0.29, 0.717) is 24.4 Å². The van der Waals surface area contributed by atoms with E-state index in [1.807, 2.05) is 37.4 Å². The Morgan fingerprint density at radius 1 is 1.05 bits per heavy atom. The summed E-state index contributed by atoms with van der Waals surface area (Å²) in [4.78, 5) is 38.6. The first kappa shape index (κ1) is 27.5. The normalized spacial score (nSPS) is 15.5. The van der Waals surface area contributed by atoms with Crippen molar-refractivity contribution < 1.29 is 28.4 Å². The number of allylic oxidation sites excluding steroid dienone is 2. The molecule has 9 nitrogen and oxygen atoms in total. The van der Waals surface area contributed by atoms with Crippen molar-refractivity contribution in [3.05, 3.63) is 98.1 Å². The van der Waals surface area contributed by atoms with Crippen LogP contribution in [-0.2, 0) is 25.6 Å². The number of rotatable bonds is 10. The number of nitrogens with zero attached hydrogens (tertiary/aromatic N) is 2. The molecular weight excluding hydrogens is 481 g/mol. The molecule has 1 aliphatic rings. The summed E-state index contributed by atoms with van der Waals surface area (Å²) in [7, 11) is 3.13. The van der Waals surface area contributed by atoms with Crippen LogP contribution in [0.2, 0.25) is 0 Å². The molecule has 3 rings (SSSR count). The van der Waals surface area contributed by atoms with Gasteiger partial charge in [0.1, 0.15) is 0 Å². The van der Waals surface area contributed by atoms with E-state index in [0.717, 1.165) is 18.2 Å². The van der Waals surface area contributed by atoms with Crippen LogP contribution >= 0.6 is 0 Å². The first-order chi connectivity index (χ1) is 17.6. The van der Waals surface area contributed by atoms with E-state index in [4.69, 9.17) is 9.47 Å². The maximum atomic E-state index is 15.3. The number of benzene rings is 2. The van der Waals surface area contributed by atoms with E-state index in [9.17, 15) is 19.7 Å². The fourth-order valence-corrected chi connectivity index (χ4v) is 4.41.